The predicted molar refractivity (Wildman–Crippen MR) is 66.3 cm³/mol. The van der Waals surface area contributed by atoms with Crippen molar-refractivity contribution in [3.05, 3.63) is 20.8 Å². The van der Waals surface area contributed by atoms with Crippen molar-refractivity contribution in [2.24, 2.45) is 5.92 Å². The summed E-state index contributed by atoms with van der Waals surface area (Å²) in [5, 5.41) is 4.95. The van der Waals surface area contributed by atoms with Crippen LogP contribution in [-0.2, 0) is 0 Å². The highest BCUT2D eigenvalue weighted by Crippen LogP contribution is 2.34. The summed E-state index contributed by atoms with van der Waals surface area (Å²) in [6.45, 7) is 2.19. The van der Waals surface area contributed by atoms with E-state index >= 15 is 0 Å². The Morgan fingerprint density at radius 2 is 2.53 bits per heavy atom. The summed E-state index contributed by atoms with van der Waals surface area (Å²) in [5.74, 6) is 0.793. The summed E-state index contributed by atoms with van der Waals surface area (Å²) in [7, 11) is 0. The first-order chi connectivity index (χ1) is 7.20. The Labute approximate surface area is 102 Å². The Hall–Kier alpha value is -0.350. The van der Waals surface area contributed by atoms with E-state index in [1.807, 2.05) is 11.4 Å². The number of carbonyl (C=O) groups excluding carboxylic acids is 1. The Balaban J connectivity index is 1.84. The third-order valence-corrected chi connectivity index (χ3v) is 4.23. The maximum atomic E-state index is 11.7. The lowest BCUT2D eigenvalue weighted by molar-refractivity contribution is 0.0949. The van der Waals surface area contributed by atoms with Crippen LogP contribution in [0.5, 0.6) is 0 Å². The number of halogens is 1. The molecule has 82 valence electrons. The molecule has 4 heteroatoms. The fourth-order valence-electron chi connectivity index (χ4n) is 1.80. The smallest absolute Gasteiger partial charge is 0.252 e. The van der Waals surface area contributed by atoms with Crippen molar-refractivity contribution in [2.45, 2.75) is 32.2 Å². The molecule has 0 radical (unpaired) electrons. The van der Waals surface area contributed by atoms with E-state index in [0.29, 0.717) is 6.04 Å². The van der Waals surface area contributed by atoms with E-state index in [4.69, 9.17) is 0 Å². The lowest BCUT2D eigenvalue weighted by Crippen LogP contribution is -2.26. The molecule has 0 spiro atoms. The number of nitrogens with one attached hydrogen (secondary N) is 1. The molecule has 2 unspecified atom stereocenters. The molecular weight excluding hydrogens is 274 g/mol. The molecule has 1 N–H and O–H groups in total. The van der Waals surface area contributed by atoms with Gasteiger partial charge in [0.2, 0.25) is 0 Å². The lowest BCUT2D eigenvalue weighted by atomic mass is 10.2. The zero-order valence-electron chi connectivity index (χ0n) is 8.63. The first-order valence-corrected chi connectivity index (χ1v) is 6.93. The highest BCUT2D eigenvalue weighted by atomic mass is 79.9. The van der Waals surface area contributed by atoms with Gasteiger partial charge < -0.3 is 5.32 Å². The quantitative estimate of drug-likeness (QED) is 0.903. The molecule has 15 heavy (non-hydrogen) atoms. The van der Waals surface area contributed by atoms with Gasteiger partial charge in [0.05, 0.1) is 9.35 Å². The summed E-state index contributed by atoms with van der Waals surface area (Å²) in [6.07, 6.45) is 3.60. The zero-order chi connectivity index (χ0) is 10.8. The first kappa shape index (κ1) is 11.1. The predicted octanol–water partition coefficient (Wildman–Crippen LogP) is 3.43. The van der Waals surface area contributed by atoms with E-state index in [1.54, 1.807) is 11.3 Å². The minimum Gasteiger partial charge on any atom is -0.349 e. The molecule has 2 atom stereocenters. The van der Waals surface area contributed by atoms with Gasteiger partial charge in [-0.2, -0.15) is 0 Å². The Bertz CT molecular complexity index is 363. The van der Waals surface area contributed by atoms with Crippen LogP contribution in [0.3, 0.4) is 0 Å². The van der Waals surface area contributed by atoms with Crippen LogP contribution < -0.4 is 5.32 Å². The summed E-state index contributed by atoms with van der Waals surface area (Å²) in [5.41, 5.74) is 0.772. The summed E-state index contributed by atoms with van der Waals surface area (Å²) >= 11 is 4.90. The van der Waals surface area contributed by atoms with Gasteiger partial charge in [0.25, 0.3) is 5.91 Å². The number of amides is 1. The number of carbonyl (C=O) groups is 1. The molecule has 1 aromatic heterocycles. The van der Waals surface area contributed by atoms with Crippen molar-refractivity contribution in [1.82, 2.24) is 5.32 Å². The van der Waals surface area contributed by atoms with Crippen molar-refractivity contribution in [3.63, 3.8) is 0 Å². The second-order valence-electron chi connectivity index (χ2n) is 4.00. The van der Waals surface area contributed by atoms with Crippen LogP contribution in [0.1, 0.15) is 36.5 Å². The van der Waals surface area contributed by atoms with Crippen LogP contribution in [0.2, 0.25) is 0 Å². The van der Waals surface area contributed by atoms with Gasteiger partial charge >= 0.3 is 0 Å². The number of thiophene rings is 1. The topological polar surface area (TPSA) is 29.1 Å². The Morgan fingerprint density at radius 1 is 1.73 bits per heavy atom. The van der Waals surface area contributed by atoms with Crippen LogP contribution in [0.4, 0.5) is 0 Å². The zero-order valence-corrected chi connectivity index (χ0v) is 11.0. The standard InChI is InChI=1S/C11H14BrNOS/c1-2-3-7-4-9(7)13-11(14)8-5-10(12)15-6-8/h5-7,9H,2-4H2,1H3,(H,13,14). The van der Waals surface area contributed by atoms with E-state index in [9.17, 15) is 4.79 Å². The van der Waals surface area contributed by atoms with E-state index in [-0.39, 0.29) is 5.91 Å². The highest BCUT2D eigenvalue weighted by molar-refractivity contribution is 9.11. The SMILES string of the molecule is CCCC1CC1NC(=O)c1csc(Br)c1. The Kier molecular flexibility index (Phi) is 3.46. The average Bonchev–Trinajstić information content (AvgIpc) is 2.76. The largest absolute Gasteiger partial charge is 0.349 e. The number of rotatable bonds is 4. The maximum absolute atomic E-state index is 11.7. The van der Waals surface area contributed by atoms with Gasteiger partial charge in [-0.15, -0.1) is 11.3 Å². The molecule has 0 saturated heterocycles. The molecule has 1 amide bonds. The van der Waals surface area contributed by atoms with Gasteiger partial charge in [0.1, 0.15) is 0 Å². The van der Waals surface area contributed by atoms with Gasteiger partial charge in [-0.3, -0.25) is 4.79 Å². The molecule has 1 aliphatic rings. The minimum atomic E-state index is 0.0700. The van der Waals surface area contributed by atoms with Gasteiger partial charge in [-0.1, -0.05) is 13.3 Å². The molecule has 2 rings (SSSR count). The number of hydrogen-bond acceptors (Lipinski definition) is 2. The van der Waals surface area contributed by atoms with Crippen molar-refractivity contribution >= 4 is 33.2 Å². The molecule has 0 bridgehead atoms. The molecule has 0 aliphatic heterocycles. The summed E-state index contributed by atoms with van der Waals surface area (Å²) in [6, 6.07) is 2.30. The van der Waals surface area contributed by atoms with Crippen LogP contribution in [0.25, 0.3) is 0 Å². The third-order valence-electron chi connectivity index (χ3n) is 2.73. The van der Waals surface area contributed by atoms with Crippen molar-refractivity contribution in [3.8, 4) is 0 Å². The fraction of sp³-hybridized carbons (Fsp3) is 0.545. The molecule has 1 heterocycles. The van der Waals surface area contributed by atoms with Crippen LogP contribution in [-0.4, -0.2) is 11.9 Å². The van der Waals surface area contributed by atoms with E-state index in [1.165, 1.54) is 12.8 Å². The van der Waals surface area contributed by atoms with Gasteiger partial charge in [0, 0.05) is 11.4 Å². The summed E-state index contributed by atoms with van der Waals surface area (Å²) < 4.78 is 1.01. The maximum Gasteiger partial charge on any atom is 0.252 e. The molecule has 1 aromatic rings. The van der Waals surface area contributed by atoms with Gasteiger partial charge in [-0.05, 0) is 40.8 Å². The molecule has 2 nitrogen and oxygen atoms in total. The molecular formula is C11H14BrNOS. The van der Waals surface area contributed by atoms with Gasteiger partial charge in [0.15, 0.2) is 0 Å². The minimum absolute atomic E-state index is 0.0700. The van der Waals surface area contributed by atoms with Crippen molar-refractivity contribution in [2.75, 3.05) is 0 Å². The van der Waals surface area contributed by atoms with E-state index in [0.717, 1.165) is 21.7 Å². The second kappa shape index (κ2) is 4.66. The fourth-order valence-corrected chi connectivity index (χ4v) is 2.93. The third kappa shape index (κ3) is 2.82. The van der Waals surface area contributed by atoms with E-state index < -0.39 is 0 Å². The summed E-state index contributed by atoms with van der Waals surface area (Å²) in [4.78, 5) is 11.7. The number of hydrogen-bond donors (Lipinski definition) is 1. The molecule has 0 aromatic carbocycles. The van der Waals surface area contributed by atoms with E-state index in [2.05, 4.69) is 28.2 Å². The van der Waals surface area contributed by atoms with Crippen molar-refractivity contribution < 1.29 is 4.79 Å². The molecule has 1 aliphatic carbocycles. The molecule has 1 saturated carbocycles. The molecule has 1 fully saturated rings. The van der Waals surface area contributed by atoms with Crippen molar-refractivity contribution in [1.29, 1.82) is 0 Å². The highest BCUT2D eigenvalue weighted by Gasteiger charge is 2.37. The van der Waals surface area contributed by atoms with Gasteiger partial charge in [-0.25, -0.2) is 0 Å². The monoisotopic (exact) mass is 287 g/mol. The average molecular weight is 288 g/mol. The first-order valence-electron chi connectivity index (χ1n) is 5.25. The second-order valence-corrected chi connectivity index (χ2v) is 6.29. The van der Waals surface area contributed by atoms with Crippen LogP contribution >= 0.6 is 27.3 Å². The van der Waals surface area contributed by atoms with Crippen LogP contribution in [0, 0.1) is 5.92 Å². The Morgan fingerprint density at radius 3 is 3.13 bits per heavy atom. The van der Waals surface area contributed by atoms with Crippen LogP contribution in [0.15, 0.2) is 15.2 Å². The lowest BCUT2D eigenvalue weighted by Gasteiger charge is -2.01. The normalized spacial score (nSPS) is 23.9.